The zero-order valence-electron chi connectivity index (χ0n) is 10.2. The summed E-state index contributed by atoms with van der Waals surface area (Å²) < 4.78 is 5.13. The van der Waals surface area contributed by atoms with Crippen LogP contribution in [0.2, 0.25) is 0 Å². The smallest absolute Gasteiger partial charge is 0.163 e. The second-order valence-corrected chi connectivity index (χ2v) is 4.55. The van der Waals surface area contributed by atoms with Crippen molar-refractivity contribution >= 4 is 5.78 Å². The van der Waals surface area contributed by atoms with Gasteiger partial charge in [0.15, 0.2) is 5.78 Å². The summed E-state index contributed by atoms with van der Waals surface area (Å²) in [6.45, 7) is 2.08. The number of ether oxygens (including phenoxy) is 1. The van der Waals surface area contributed by atoms with Crippen molar-refractivity contribution in [2.75, 3.05) is 20.2 Å². The van der Waals surface area contributed by atoms with Crippen LogP contribution in [0.1, 0.15) is 29.6 Å². The molecule has 92 valence electrons. The van der Waals surface area contributed by atoms with Gasteiger partial charge in [0, 0.05) is 12.0 Å². The number of hydrogen-bond acceptors (Lipinski definition) is 3. The third-order valence-corrected chi connectivity index (χ3v) is 3.32. The number of carbonyl (C=O) groups is 1. The zero-order valence-corrected chi connectivity index (χ0v) is 10.2. The van der Waals surface area contributed by atoms with Crippen LogP contribution in [0.5, 0.6) is 5.75 Å². The Kier molecular flexibility index (Phi) is 4.15. The van der Waals surface area contributed by atoms with Gasteiger partial charge in [-0.15, -0.1) is 0 Å². The fourth-order valence-electron chi connectivity index (χ4n) is 2.26. The maximum absolute atomic E-state index is 12.1. The summed E-state index contributed by atoms with van der Waals surface area (Å²) in [5.41, 5.74) is 0.767. The van der Waals surface area contributed by atoms with Crippen molar-refractivity contribution in [2.24, 2.45) is 5.92 Å². The van der Waals surface area contributed by atoms with E-state index in [0.29, 0.717) is 12.3 Å². The summed E-state index contributed by atoms with van der Waals surface area (Å²) in [7, 11) is 1.62. The van der Waals surface area contributed by atoms with E-state index in [1.807, 2.05) is 24.3 Å². The maximum atomic E-state index is 12.1. The fourth-order valence-corrected chi connectivity index (χ4v) is 2.26. The normalized spacial score (nSPS) is 16.8. The van der Waals surface area contributed by atoms with E-state index in [-0.39, 0.29) is 5.78 Å². The molecule has 3 nitrogen and oxygen atoms in total. The summed E-state index contributed by atoms with van der Waals surface area (Å²) >= 11 is 0. The molecule has 0 aromatic heterocycles. The fraction of sp³-hybridized carbons (Fsp3) is 0.500. The molecule has 0 amide bonds. The molecule has 1 fully saturated rings. The van der Waals surface area contributed by atoms with Gasteiger partial charge < -0.3 is 10.1 Å². The van der Waals surface area contributed by atoms with E-state index in [2.05, 4.69) is 5.32 Å². The summed E-state index contributed by atoms with van der Waals surface area (Å²) in [6.07, 6.45) is 2.88. The van der Waals surface area contributed by atoms with E-state index < -0.39 is 0 Å². The molecule has 1 aromatic carbocycles. The van der Waals surface area contributed by atoms with Crippen molar-refractivity contribution in [3.05, 3.63) is 29.8 Å². The van der Waals surface area contributed by atoms with E-state index in [9.17, 15) is 4.79 Å². The third kappa shape index (κ3) is 3.30. The SMILES string of the molecule is COc1cccc(C(=O)CC2CCNCC2)c1. The molecule has 2 rings (SSSR count). The minimum atomic E-state index is 0.232. The second kappa shape index (κ2) is 5.82. The number of carbonyl (C=O) groups excluding carboxylic acids is 1. The Labute approximate surface area is 102 Å². The summed E-state index contributed by atoms with van der Waals surface area (Å²) in [6, 6.07) is 7.42. The van der Waals surface area contributed by atoms with Crippen LogP contribution in [0.25, 0.3) is 0 Å². The van der Waals surface area contributed by atoms with Crippen LogP contribution >= 0.6 is 0 Å². The Morgan fingerprint density at radius 3 is 2.88 bits per heavy atom. The third-order valence-electron chi connectivity index (χ3n) is 3.32. The summed E-state index contributed by atoms with van der Waals surface area (Å²) in [5, 5.41) is 3.31. The molecule has 0 atom stereocenters. The van der Waals surface area contributed by atoms with E-state index >= 15 is 0 Å². The first kappa shape index (κ1) is 12.1. The zero-order chi connectivity index (χ0) is 12.1. The lowest BCUT2D eigenvalue weighted by molar-refractivity contribution is 0.0952. The van der Waals surface area contributed by atoms with Gasteiger partial charge in [-0.1, -0.05) is 12.1 Å². The van der Waals surface area contributed by atoms with Gasteiger partial charge >= 0.3 is 0 Å². The lowest BCUT2D eigenvalue weighted by Crippen LogP contribution is -2.28. The van der Waals surface area contributed by atoms with Crippen LogP contribution in [0.4, 0.5) is 0 Å². The Morgan fingerprint density at radius 2 is 2.18 bits per heavy atom. The molecule has 17 heavy (non-hydrogen) atoms. The molecule has 0 radical (unpaired) electrons. The van der Waals surface area contributed by atoms with Crippen molar-refractivity contribution in [2.45, 2.75) is 19.3 Å². The summed E-state index contributed by atoms with van der Waals surface area (Å²) in [4.78, 5) is 12.1. The number of piperidine rings is 1. The minimum absolute atomic E-state index is 0.232. The standard InChI is InChI=1S/C14H19NO2/c1-17-13-4-2-3-12(10-13)14(16)9-11-5-7-15-8-6-11/h2-4,10-11,15H,5-9H2,1H3. The van der Waals surface area contributed by atoms with Crippen LogP contribution in [-0.2, 0) is 0 Å². The Hall–Kier alpha value is -1.35. The topological polar surface area (TPSA) is 38.3 Å². The number of ketones is 1. The molecule has 1 aliphatic rings. The summed E-state index contributed by atoms with van der Waals surface area (Å²) in [5.74, 6) is 1.52. The van der Waals surface area contributed by atoms with Crippen molar-refractivity contribution in [1.29, 1.82) is 0 Å². The molecule has 1 aliphatic heterocycles. The van der Waals surface area contributed by atoms with Crippen LogP contribution in [-0.4, -0.2) is 26.0 Å². The van der Waals surface area contributed by atoms with Gasteiger partial charge in [-0.25, -0.2) is 0 Å². The molecule has 1 heterocycles. The first-order valence-electron chi connectivity index (χ1n) is 6.17. The van der Waals surface area contributed by atoms with Crippen LogP contribution < -0.4 is 10.1 Å². The first-order chi connectivity index (χ1) is 8.29. The highest BCUT2D eigenvalue weighted by Crippen LogP contribution is 2.20. The number of benzene rings is 1. The molecule has 0 unspecified atom stereocenters. The molecule has 1 saturated heterocycles. The van der Waals surface area contributed by atoms with Gasteiger partial charge in [0.05, 0.1) is 7.11 Å². The van der Waals surface area contributed by atoms with Gasteiger partial charge in [0.25, 0.3) is 0 Å². The van der Waals surface area contributed by atoms with Crippen molar-refractivity contribution < 1.29 is 9.53 Å². The number of rotatable bonds is 4. The van der Waals surface area contributed by atoms with Crippen molar-refractivity contribution in [3.8, 4) is 5.75 Å². The van der Waals surface area contributed by atoms with Gasteiger partial charge in [0.1, 0.15) is 5.75 Å². The van der Waals surface area contributed by atoms with Crippen LogP contribution in [0.15, 0.2) is 24.3 Å². The highest BCUT2D eigenvalue weighted by Gasteiger charge is 2.17. The van der Waals surface area contributed by atoms with Crippen molar-refractivity contribution in [1.82, 2.24) is 5.32 Å². The Bertz CT molecular complexity index is 384. The van der Waals surface area contributed by atoms with Gasteiger partial charge in [-0.2, -0.15) is 0 Å². The number of methoxy groups -OCH3 is 1. The Balaban J connectivity index is 1.98. The van der Waals surface area contributed by atoms with E-state index in [1.54, 1.807) is 7.11 Å². The predicted octanol–water partition coefficient (Wildman–Crippen LogP) is 2.27. The van der Waals surface area contributed by atoms with Crippen LogP contribution in [0, 0.1) is 5.92 Å². The molecule has 0 spiro atoms. The molecule has 0 saturated carbocycles. The highest BCUT2D eigenvalue weighted by atomic mass is 16.5. The van der Waals surface area contributed by atoms with E-state index in [0.717, 1.165) is 37.2 Å². The Morgan fingerprint density at radius 1 is 1.41 bits per heavy atom. The van der Waals surface area contributed by atoms with Gasteiger partial charge in [-0.05, 0) is 44.0 Å². The quantitative estimate of drug-likeness (QED) is 0.811. The molecule has 0 bridgehead atoms. The second-order valence-electron chi connectivity index (χ2n) is 4.55. The average molecular weight is 233 g/mol. The van der Waals surface area contributed by atoms with E-state index in [4.69, 9.17) is 4.74 Å². The number of nitrogens with one attached hydrogen (secondary N) is 1. The maximum Gasteiger partial charge on any atom is 0.163 e. The largest absolute Gasteiger partial charge is 0.497 e. The molecule has 1 aromatic rings. The minimum Gasteiger partial charge on any atom is -0.497 e. The number of Topliss-reactive ketones (excluding diaryl/α,β-unsaturated/α-hetero) is 1. The van der Waals surface area contributed by atoms with E-state index in [1.165, 1.54) is 0 Å². The van der Waals surface area contributed by atoms with Crippen LogP contribution in [0.3, 0.4) is 0 Å². The number of hydrogen-bond donors (Lipinski definition) is 1. The monoisotopic (exact) mass is 233 g/mol. The molecule has 1 N–H and O–H groups in total. The van der Waals surface area contributed by atoms with Gasteiger partial charge in [0.2, 0.25) is 0 Å². The molecule has 3 heteroatoms. The lowest BCUT2D eigenvalue weighted by atomic mass is 9.90. The average Bonchev–Trinajstić information content (AvgIpc) is 2.40. The predicted molar refractivity (Wildman–Crippen MR) is 67.5 cm³/mol. The van der Waals surface area contributed by atoms with Gasteiger partial charge in [-0.3, -0.25) is 4.79 Å². The molecule has 0 aliphatic carbocycles. The van der Waals surface area contributed by atoms with Crippen molar-refractivity contribution in [3.63, 3.8) is 0 Å². The molecular weight excluding hydrogens is 214 g/mol. The molecular formula is C14H19NO2. The first-order valence-corrected chi connectivity index (χ1v) is 6.17. The lowest BCUT2D eigenvalue weighted by Gasteiger charge is -2.21. The highest BCUT2D eigenvalue weighted by molar-refractivity contribution is 5.96.